The molecule has 0 saturated heterocycles. The normalized spacial score (nSPS) is 11.3. The number of ether oxygens (including phenoxy) is 2. The summed E-state index contributed by atoms with van der Waals surface area (Å²) in [5.74, 6) is -0.238. The van der Waals surface area contributed by atoms with Crippen LogP contribution in [-0.4, -0.2) is 31.3 Å². The van der Waals surface area contributed by atoms with E-state index in [-0.39, 0.29) is 5.97 Å². The Morgan fingerprint density at radius 2 is 1.95 bits per heavy atom. The van der Waals surface area contributed by atoms with E-state index in [1.54, 1.807) is 6.92 Å². The van der Waals surface area contributed by atoms with Gasteiger partial charge in [0.2, 0.25) is 0 Å². The predicted octanol–water partition coefficient (Wildman–Crippen LogP) is 2.13. The van der Waals surface area contributed by atoms with Crippen molar-refractivity contribution in [3.63, 3.8) is 0 Å². The third-order valence-electron chi connectivity index (χ3n) is 2.71. The van der Waals surface area contributed by atoms with E-state index in [9.17, 15) is 4.79 Å². The van der Waals surface area contributed by atoms with Crippen molar-refractivity contribution in [3.8, 4) is 0 Å². The molecule has 0 aliphatic heterocycles. The zero-order valence-corrected chi connectivity index (χ0v) is 11.9. The maximum atomic E-state index is 11.6. The SMILES string of the molecule is CCOC(=O)C(C)(C)NCCOCc1ccccc1. The molecule has 0 saturated carbocycles. The fourth-order valence-corrected chi connectivity index (χ4v) is 1.58. The van der Waals surface area contributed by atoms with Crippen LogP contribution in [0.2, 0.25) is 0 Å². The summed E-state index contributed by atoms with van der Waals surface area (Å²) in [6, 6.07) is 10.0. The Hall–Kier alpha value is -1.39. The quantitative estimate of drug-likeness (QED) is 0.578. The van der Waals surface area contributed by atoms with Crippen molar-refractivity contribution >= 4 is 5.97 Å². The van der Waals surface area contributed by atoms with E-state index in [1.807, 2.05) is 44.2 Å². The Kier molecular flexibility index (Phi) is 6.53. The second kappa shape index (κ2) is 7.92. The Bertz CT molecular complexity index is 376. The number of esters is 1. The first kappa shape index (κ1) is 15.7. The first-order valence-electron chi connectivity index (χ1n) is 6.60. The number of rotatable bonds is 8. The van der Waals surface area contributed by atoms with Gasteiger partial charge in [0, 0.05) is 6.54 Å². The van der Waals surface area contributed by atoms with E-state index >= 15 is 0 Å². The van der Waals surface area contributed by atoms with E-state index in [4.69, 9.17) is 9.47 Å². The van der Waals surface area contributed by atoms with E-state index in [0.29, 0.717) is 26.4 Å². The van der Waals surface area contributed by atoms with Gasteiger partial charge in [-0.3, -0.25) is 4.79 Å². The topological polar surface area (TPSA) is 47.6 Å². The molecule has 0 aliphatic rings. The van der Waals surface area contributed by atoms with Gasteiger partial charge in [0.25, 0.3) is 0 Å². The van der Waals surface area contributed by atoms with Crippen molar-refractivity contribution in [3.05, 3.63) is 35.9 Å². The van der Waals surface area contributed by atoms with Crippen LogP contribution >= 0.6 is 0 Å². The highest BCUT2D eigenvalue weighted by atomic mass is 16.5. The van der Waals surface area contributed by atoms with Gasteiger partial charge in [-0.15, -0.1) is 0 Å². The number of hydrogen-bond donors (Lipinski definition) is 1. The van der Waals surface area contributed by atoms with E-state index in [1.165, 1.54) is 0 Å². The van der Waals surface area contributed by atoms with Crippen LogP contribution in [0.15, 0.2) is 30.3 Å². The maximum Gasteiger partial charge on any atom is 0.325 e. The van der Waals surface area contributed by atoms with Crippen LogP contribution in [0.25, 0.3) is 0 Å². The summed E-state index contributed by atoms with van der Waals surface area (Å²) in [5.41, 5.74) is 0.471. The first-order valence-corrected chi connectivity index (χ1v) is 6.60. The molecule has 0 unspecified atom stereocenters. The van der Waals surface area contributed by atoms with Crippen LogP contribution < -0.4 is 5.32 Å². The molecule has 0 spiro atoms. The Morgan fingerprint density at radius 3 is 2.58 bits per heavy atom. The lowest BCUT2D eigenvalue weighted by atomic mass is 10.1. The minimum atomic E-state index is -0.674. The van der Waals surface area contributed by atoms with Crippen molar-refractivity contribution < 1.29 is 14.3 Å². The molecule has 0 radical (unpaired) electrons. The number of nitrogens with one attached hydrogen (secondary N) is 1. The molecule has 1 aromatic carbocycles. The lowest BCUT2D eigenvalue weighted by Gasteiger charge is -2.23. The highest BCUT2D eigenvalue weighted by Crippen LogP contribution is 2.05. The lowest BCUT2D eigenvalue weighted by Crippen LogP contribution is -2.48. The molecule has 106 valence electrons. The van der Waals surface area contributed by atoms with Gasteiger partial charge in [-0.1, -0.05) is 30.3 Å². The second-order valence-electron chi connectivity index (χ2n) is 4.81. The highest BCUT2D eigenvalue weighted by molar-refractivity contribution is 5.79. The molecule has 1 N–H and O–H groups in total. The van der Waals surface area contributed by atoms with Gasteiger partial charge in [-0.25, -0.2) is 0 Å². The van der Waals surface area contributed by atoms with Crippen molar-refractivity contribution in [1.82, 2.24) is 5.32 Å². The van der Waals surface area contributed by atoms with Crippen LogP contribution in [0, 0.1) is 0 Å². The van der Waals surface area contributed by atoms with E-state index in [0.717, 1.165) is 5.56 Å². The van der Waals surface area contributed by atoms with Crippen LogP contribution in [0.3, 0.4) is 0 Å². The van der Waals surface area contributed by atoms with Crippen molar-refractivity contribution in [1.29, 1.82) is 0 Å². The first-order chi connectivity index (χ1) is 9.06. The molecule has 0 bridgehead atoms. The zero-order chi connectivity index (χ0) is 14.1. The van der Waals surface area contributed by atoms with Crippen LogP contribution in [0.5, 0.6) is 0 Å². The van der Waals surface area contributed by atoms with E-state index in [2.05, 4.69) is 5.32 Å². The third-order valence-corrected chi connectivity index (χ3v) is 2.71. The molecule has 0 fully saturated rings. The Balaban J connectivity index is 2.18. The predicted molar refractivity (Wildman–Crippen MR) is 74.8 cm³/mol. The average Bonchev–Trinajstić information content (AvgIpc) is 2.39. The fraction of sp³-hybridized carbons (Fsp3) is 0.533. The average molecular weight is 265 g/mol. The molecular weight excluding hydrogens is 242 g/mol. The standard InChI is InChI=1S/C15H23NO3/c1-4-19-14(17)15(2,3)16-10-11-18-12-13-8-6-5-7-9-13/h5-9,16H,4,10-12H2,1-3H3. The molecule has 4 nitrogen and oxygen atoms in total. The highest BCUT2D eigenvalue weighted by Gasteiger charge is 2.27. The summed E-state index contributed by atoms with van der Waals surface area (Å²) >= 11 is 0. The minimum Gasteiger partial charge on any atom is -0.465 e. The largest absolute Gasteiger partial charge is 0.465 e. The molecule has 0 amide bonds. The summed E-state index contributed by atoms with van der Waals surface area (Å²) in [7, 11) is 0. The zero-order valence-electron chi connectivity index (χ0n) is 11.9. The maximum absolute atomic E-state index is 11.6. The number of hydrogen-bond acceptors (Lipinski definition) is 4. The summed E-state index contributed by atoms with van der Waals surface area (Å²) < 4.78 is 10.5. The Labute approximate surface area is 115 Å². The third kappa shape index (κ3) is 5.85. The monoisotopic (exact) mass is 265 g/mol. The van der Waals surface area contributed by atoms with Crippen molar-refractivity contribution in [2.45, 2.75) is 32.9 Å². The molecule has 4 heteroatoms. The molecule has 0 aliphatic carbocycles. The van der Waals surface area contributed by atoms with Gasteiger partial charge < -0.3 is 14.8 Å². The van der Waals surface area contributed by atoms with E-state index < -0.39 is 5.54 Å². The van der Waals surface area contributed by atoms with Gasteiger partial charge in [-0.2, -0.15) is 0 Å². The molecule has 0 atom stereocenters. The summed E-state index contributed by atoms with van der Waals surface area (Å²) in [4.78, 5) is 11.6. The molecular formula is C15H23NO3. The number of carbonyl (C=O) groups is 1. The van der Waals surface area contributed by atoms with Gasteiger partial charge in [0.15, 0.2) is 0 Å². The van der Waals surface area contributed by atoms with Crippen molar-refractivity contribution in [2.24, 2.45) is 0 Å². The Morgan fingerprint density at radius 1 is 1.26 bits per heavy atom. The molecule has 1 rings (SSSR count). The van der Waals surface area contributed by atoms with Gasteiger partial charge in [0.05, 0.1) is 19.8 Å². The molecule has 0 aromatic heterocycles. The number of carbonyl (C=O) groups excluding carboxylic acids is 1. The summed E-state index contributed by atoms with van der Waals surface area (Å²) in [6.07, 6.45) is 0. The second-order valence-corrected chi connectivity index (χ2v) is 4.81. The minimum absolute atomic E-state index is 0.238. The molecule has 1 aromatic rings. The van der Waals surface area contributed by atoms with Crippen LogP contribution in [0.4, 0.5) is 0 Å². The molecule has 0 heterocycles. The fourth-order valence-electron chi connectivity index (χ4n) is 1.58. The lowest BCUT2D eigenvalue weighted by molar-refractivity contribution is -0.149. The van der Waals surface area contributed by atoms with Gasteiger partial charge in [0.1, 0.15) is 5.54 Å². The number of benzene rings is 1. The summed E-state index contributed by atoms with van der Waals surface area (Å²) in [6.45, 7) is 7.56. The van der Waals surface area contributed by atoms with Gasteiger partial charge >= 0.3 is 5.97 Å². The van der Waals surface area contributed by atoms with Crippen LogP contribution in [0.1, 0.15) is 26.3 Å². The smallest absolute Gasteiger partial charge is 0.325 e. The van der Waals surface area contributed by atoms with Gasteiger partial charge in [-0.05, 0) is 26.3 Å². The van der Waals surface area contributed by atoms with Crippen molar-refractivity contribution in [2.75, 3.05) is 19.8 Å². The summed E-state index contributed by atoms with van der Waals surface area (Å²) in [5, 5.41) is 3.13. The molecule has 19 heavy (non-hydrogen) atoms. The van der Waals surface area contributed by atoms with Crippen LogP contribution in [-0.2, 0) is 20.9 Å².